The van der Waals surface area contributed by atoms with E-state index in [-0.39, 0.29) is 31.9 Å². The van der Waals surface area contributed by atoms with Gasteiger partial charge in [0, 0.05) is 12.0 Å². The molecule has 144 valence electrons. The second-order valence-electron chi connectivity index (χ2n) is 5.77. The minimum atomic E-state index is -1.53. The lowest BCUT2D eigenvalue weighted by Crippen LogP contribution is -2.52. The Morgan fingerprint density at radius 2 is 1.70 bits per heavy atom. The molecule has 27 heavy (non-hydrogen) atoms. The summed E-state index contributed by atoms with van der Waals surface area (Å²) < 4.78 is 0. The van der Waals surface area contributed by atoms with Gasteiger partial charge in [-0.15, -0.1) is 8.19 Å². The molecule has 1 aromatic heterocycles. The Morgan fingerprint density at radius 1 is 1.07 bits per heavy atom. The van der Waals surface area contributed by atoms with E-state index in [0.717, 1.165) is 5.23 Å². The van der Waals surface area contributed by atoms with Crippen LogP contribution < -0.4 is 11.5 Å². The largest absolute Gasteiger partial charge is 0.370 e. The predicted octanol–water partition coefficient (Wildman–Crippen LogP) is 1.59. The molecule has 0 spiro atoms. The van der Waals surface area contributed by atoms with E-state index in [1.54, 1.807) is 42.2 Å². The zero-order valence-corrected chi connectivity index (χ0v) is 16.1. The smallest absolute Gasteiger partial charge is 0.253 e. The monoisotopic (exact) mass is 391 g/mol. The van der Waals surface area contributed by atoms with E-state index in [1.807, 2.05) is 0 Å². The maximum absolute atomic E-state index is 13.7. The van der Waals surface area contributed by atoms with Crippen molar-refractivity contribution < 1.29 is 24.1 Å². The van der Waals surface area contributed by atoms with Crippen molar-refractivity contribution in [2.24, 2.45) is 11.5 Å². The number of Topliss-reactive ketones (excluding diaryl/α,β-unsaturated/α-hetero) is 1. The van der Waals surface area contributed by atoms with Gasteiger partial charge in [0.1, 0.15) is 0 Å². The van der Waals surface area contributed by atoms with Gasteiger partial charge in [0.25, 0.3) is 5.91 Å². The summed E-state index contributed by atoms with van der Waals surface area (Å²) in [6, 6.07) is 10.3. The fourth-order valence-corrected chi connectivity index (χ4v) is 3.97. The molecule has 2 amide bonds. The summed E-state index contributed by atoms with van der Waals surface area (Å²) in [6.07, 6.45) is -0.117. The van der Waals surface area contributed by atoms with Gasteiger partial charge < -0.3 is 11.5 Å². The van der Waals surface area contributed by atoms with Crippen LogP contribution in [-0.2, 0) is 20.0 Å². The van der Waals surface area contributed by atoms with Gasteiger partial charge in [-0.25, -0.2) is 0 Å². The number of amides is 2. The van der Waals surface area contributed by atoms with Crippen molar-refractivity contribution in [2.75, 3.05) is 14.2 Å². The summed E-state index contributed by atoms with van der Waals surface area (Å²) in [6.45, 7) is 0. The van der Waals surface area contributed by atoms with Crippen molar-refractivity contribution in [3.05, 3.63) is 58.6 Å². The number of nitrogens with zero attached hydrogens (tertiary/aromatic N) is 1. The molecule has 2 aromatic rings. The third-order valence-electron chi connectivity index (χ3n) is 4.24. The first-order chi connectivity index (χ1) is 12.9. The van der Waals surface area contributed by atoms with E-state index < -0.39 is 23.1 Å². The number of benzene rings is 1. The summed E-state index contributed by atoms with van der Waals surface area (Å²) in [5.74, 6) is -0.00183. The summed E-state index contributed by atoms with van der Waals surface area (Å²) in [4.78, 5) is 47.6. The van der Waals surface area contributed by atoms with Crippen LogP contribution in [0.5, 0.6) is 0 Å². The van der Waals surface area contributed by atoms with Crippen molar-refractivity contribution in [3.63, 3.8) is 0 Å². The van der Waals surface area contributed by atoms with Gasteiger partial charge in [0.15, 0.2) is 11.3 Å². The average molecular weight is 391 g/mol. The molecule has 0 aliphatic rings. The van der Waals surface area contributed by atoms with Crippen LogP contribution in [0.15, 0.2) is 42.2 Å². The molecule has 0 saturated heterocycles. The van der Waals surface area contributed by atoms with Gasteiger partial charge in [-0.2, -0.15) is 0 Å². The number of nitrogens with two attached hydrogens (primary N) is 2. The fraction of sp³-hybridized carbons (Fsp3) is 0.278. The standard InChI is InChI=1S/C18H22N3O5P/c1-25-21(26-2)18(10-8-14(19)22,12-6-4-3-5-7-12)16(23)13-9-11-27-15(13)17(20)24/h3-7,9,11,27H,8,10H2,1-2H3,(H2,19,22)(H2,20,24)/t18-/m1/s1. The number of rotatable bonds is 10. The van der Waals surface area contributed by atoms with Crippen LogP contribution in [-0.4, -0.2) is 37.0 Å². The van der Waals surface area contributed by atoms with Crippen molar-refractivity contribution >= 4 is 25.8 Å². The van der Waals surface area contributed by atoms with Crippen LogP contribution in [0.1, 0.15) is 38.9 Å². The lowest BCUT2D eigenvalue weighted by molar-refractivity contribution is -0.385. The molecule has 8 nitrogen and oxygen atoms in total. The third kappa shape index (κ3) is 4.09. The molecule has 4 N–H and O–H groups in total. The first-order valence-electron chi connectivity index (χ1n) is 8.12. The van der Waals surface area contributed by atoms with Gasteiger partial charge >= 0.3 is 0 Å². The molecule has 2 atom stereocenters. The fourth-order valence-electron chi connectivity index (χ4n) is 3.06. The number of ketones is 1. The van der Waals surface area contributed by atoms with Gasteiger partial charge in [-0.3, -0.25) is 24.1 Å². The normalized spacial score (nSPS) is 13.6. The van der Waals surface area contributed by atoms with E-state index in [2.05, 4.69) is 0 Å². The Balaban J connectivity index is 2.72. The first-order valence-corrected chi connectivity index (χ1v) is 9.20. The number of carbonyl (C=O) groups excluding carboxylic acids is 3. The number of hydroxylamine groups is 2. The highest BCUT2D eigenvalue weighted by atomic mass is 31.0. The Bertz CT molecular complexity index is 819. The first kappa shape index (κ1) is 20.8. The minimum Gasteiger partial charge on any atom is -0.370 e. The summed E-state index contributed by atoms with van der Waals surface area (Å²) >= 11 is 0. The Hall–Kier alpha value is -2.51. The molecular weight excluding hydrogens is 369 g/mol. The third-order valence-corrected chi connectivity index (χ3v) is 5.38. The molecular formula is C18H22N3O5P. The van der Waals surface area contributed by atoms with Crippen LogP contribution in [0, 0.1) is 0 Å². The van der Waals surface area contributed by atoms with E-state index >= 15 is 0 Å². The number of primary amides is 2. The molecule has 2 rings (SSSR count). The topological polar surface area (TPSA) is 125 Å². The number of hydrogen-bond acceptors (Lipinski definition) is 6. The molecule has 0 fully saturated rings. The molecule has 0 bridgehead atoms. The van der Waals surface area contributed by atoms with Crippen LogP contribution in [0.25, 0.3) is 0 Å². The van der Waals surface area contributed by atoms with E-state index in [4.69, 9.17) is 21.1 Å². The lowest BCUT2D eigenvalue weighted by Gasteiger charge is -2.39. The molecule has 0 radical (unpaired) electrons. The molecule has 9 heteroatoms. The predicted molar refractivity (Wildman–Crippen MR) is 101 cm³/mol. The van der Waals surface area contributed by atoms with Crippen LogP contribution in [0.3, 0.4) is 0 Å². The zero-order chi connectivity index (χ0) is 20.0. The van der Waals surface area contributed by atoms with Gasteiger partial charge in [-0.05, 0) is 29.1 Å². The van der Waals surface area contributed by atoms with Crippen molar-refractivity contribution in [3.8, 4) is 0 Å². The number of hydrogen-bond donors (Lipinski definition) is 2. The maximum Gasteiger partial charge on any atom is 0.253 e. The summed E-state index contributed by atoms with van der Waals surface area (Å²) in [5, 5.41) is 1.25. The molecule has 0 saturated carbocycles. The van der Waals surface area contributed by atoms with Gasteiger partial charge in [-0.1, -0.05) is 30.3 Å². The SMILES string of the molecule is CON(OC)[C@@](CCC(N)=O)(C(=O)c1cc[pH]c1C(N)=O)c1ccccc1. The van der Waals surface area contributed by atoms with E-state index in [1.165, 1.54) is 14.2 Å². The van der Waals surface area contributed by atoms with Crippen molar-refractivity contribution in [1.29, 1.82) is 0 Å². The summed E-state index contributed by atoms with van der Waals surface area (Å²) in [5.41, 5.74) is 9.95. The van der Waals surface area contributed by atoms with Crippen molar-refractivity contribution in [1.82, 2.24) is 5.23 Å². The Kier molecular flexibility index (Phi) is 6.87. The minimum absolute atomic E-state index is 0.00585. The van der Waals surface area contributed by atoms with Crippen LogP contribution in [0.2, 0.25) is 0 Å². The van der Waals surface area contributed by atoms with Gasteiger partial charge in [0.05, 0.1) is 19.5 Å². The van der Waals surface area contributed by atoms with Crippen LogP contribution >= 0.6 is 8.19 Å². The van der Waals surface area contributed by atoms with E-state index in [9.17, 15) is 14.4 Å². The molecule has 1 aromatic carbocycles. The lowest BCUT2D eigenvalue weighted by atomic mass is 9.79. The average Bonchev–Trinajstić information content (AvgIpc) is 3.15. The van der Waals surface area contributed by atoms with E-state index in [0.29, 0.717) is 5.56 Å². The Labute approximate surface area is 158 Å². The van der Waals surface area contributed by atoms with Gasteiger partial charge in [0.2, 0.25) is 5.91 Å². The molecule has 1 heterocycles. The molecule has 1 unspecified atom stereocenters. The van der Waals surface area contributed by atoms with Crippen LogP contribution in [0.4, 0.5) is 0 Å². The molecule has 0 aliphatic heterocycles. The zero-order valence-electron chi connectivity index (χ0n) is 15.1. The quantitative estimate of drug-likeness (QED) is 0.468. The summed E-state index contributed by atoms with van der Waals surface area (Å²) in [7, 11) is 2.68. The second-order valence-corrected chi connectivity index (χ2v) is 6.90. The second kappa shape index (κ2) is 8.92. The highest BCUT2D eigenvalue weighted by molar-refractivity contribution is 7.32. The number of carbonyl (C=O) groups is 3. The maximum atomic E-state index is 13.7. The molecule has 0 aliphatic carbocycles. The van der Waals surface area contributed by atoms with Crippen molar-refractivity contribution in [2.45, 2.75) is 18.4 Å². The Morgan fingerprint density at radius 3 is 2.22 bits per heavy atom. The highest BCUT2D eigenvalue weighted by Crippen LogP contribution is 2.39. The highest BCUT2D eigenvalue weighted by Gasteiger charge is 2.48.